The summed E-state index contributed by atoms with van der Waals surface area (Å²) in [5.41, 5.74) is 6.42. The van der Waals surface area contributed by atoms with Crippen LogP contribution in [0.25, 0.3) is 0 Å². The normalized spacial score (nSPS) is 12.1. The number of benzene rings is 2. The maximum atomic E-state index is 12.3. The fourth-order valence-electron chi connectivity index (χ4n) is 3.64. The van der Waals surface area contributed by atoms with Gasteiger partial charge in [0.15, 0.2) is 0 Å². The van der Waals surface area contributed by atoms with E-state index in [1.807, 2.05) is 12.1 Å². The SMILES string of the molecule is Cc1c(C(C)(C)C)cc(CCC(=O)NCc2ccc(O)cc2)cc1C(C)(C)C. The van der Waals surface area contributed by atoms with Gasteiger partial charge in [0.25, 0.3) is 0 Å². The second kappa shape index (κ2) is 8.38. The van der Waals surface area contributed by atoms with Crippen molar-refractivity contribution >= 4 is 5.91 Å². The molecule has 0 aliphatic rings. The molecule has 0 saturated carbocycles. The van der Waals surface area contributed by atoms with E-state index in [0.29, 0.717) is 13.0 Å². The number of carbonyl (C=O) groups is 1. The zero-order valence-electron chi connectivity index (χ0n) is 18.4. The number of nitrogens with one attached hydrogen (secondary N) is 1. The zero-order chi connectivity index (χ0) is 21.1. The molecule has 0 bridgehead atoms. The fraction of sp³-hybridized carbons (Fsp3) is 0.480. The predicted molar refractivity (Wildman–Crippen MR) is 117 cm³/mol. The molecular formula is C25H35NO2. The molecule has 1 amide bonds. The van der Waals surface area contributed by atoms with Gasteiger partial charge in [-0.05, 0) is 64.1 Å². The van der Waals surface area contributed by atoms with Crippen LogP contribution in [0.5, 0.6) is 5.75 Å². The number of carbonyl (C=O) groups excluding carboxylic acids is 1. The van der Waals surface area contributed by atoms with Crippen molar-refractivity contribution in [3.63, 3.8) is 0 Å². The molecule has 28 heavy (non-hydrogen) atoms. The van der Waals surface area contributed by atoms with Crippen LogP contribution >= 0.6 is 0 Å². The summed E-state index contributed by atoms with van der Waals surface area (Å²) < 4.78 is 0. The molecule has 0 aromatic heterocycles. The van der Waals surface area contributed by atoms with Gasteiger partial charge in [0.2, 0.25) is 5.91 Å². The second-order valence-electron chi connectivity index (χ2n) is 9.76. The lowest BCUT2D eigenvalue weighted by Gasteiger charge is -2.30. The highest BCUT2D eigenvalue weighted by molar-refractivity contribution is 5.76. The first-order chi connectivity index (χ1) is 12.9. The van der Waals surface area contributed by atoms with Crippen molar-refractivity contribution in [2.45, 2.75) is 78.7 Å². The Balaban J connectivity index is 2.10. The second-order valence-corrected chi connectivity index (χ2v) is 9.76. The Morgan fingerprint density at radius 3 is 1.86 bits per heavy atom. The molecule has 0 saturated heterocycles. The molecule has 2 aromatic rings. The Morgan fingerprint density at radius 1 is 0.893 bits per heavy atom. The summed E-state index contributed by atoms with van der Waals surface area (Å²) in [6, 6.07) is 11.5. The van der Waals surface area contributed by atoms with Crippen LogP contribution in [0.2, 0.25) is 0 Å². The molecule has 152 valence electrons. The van der Waals surface area contributed by atoms with Crippen LogP contribution in [-0.2, 0) is 28.6 Å². The van der Waals surface area contributed by atoms with Crippen molar-refractivity contribution in [1.82, 2.24) is 5.32 Å². The highest BCUT2D eigenvalue weighted by Gasteiger charge is 2.24. The van der Waals surface area contributed by atoms with E-state index in [-0.39, 0.29) is 22.5 Å². The van der Waals surface area contributed by atoms with Gasteiger partial charge in [-0.3, -0.25) is 4.79 Å². The van der Waals surface area contributed by atoms with Gasteiger partial charge in [-0.25, -0.2) is 0 Å². The molecule has 2 N–H and O–H groups in total. The summed E-state index contributed by atoms with van der Waals surface area (Å²) in [6.45, 7) is 16.2. The average molecular weight is 382 g/mol. The largest absolute Gasteiger partial charge is 0.508 e. The molecule has 3 heteroatoms. The lowest BCUT2D eigenvalue weighted by Crippen LogP contribution is -2.23. The summed E-state index contributed by atoms with van der Waals surface area (Å²) in [6.07, 6.45) is 1.20. The topological polar surface area (TPSA) is 49.3 Å². The lowest BCUT2D eigenvalue weighted by molar-refractivity contribution is -0.121. The van der Waals surface area contributed by atoms with Gasteiger partial charge in [-0.15, -0.1) is 0 Å². The molecule has 2 aromatic carbocycles. The Hall–Kier alpha value is -2.29. The molecule has 0 radical (unpaired) electrons. The van der Waals surface area contributed by atoms with Crippen LogP contribution in [0.15, 0.2) is 36.4 Å². The van der Waals surface area contributed by atoms with E-state index in [1.165, 1.54) is 22.3 Å². The molecular weight excluding hydrogens is 346 g/mol. The van der Waals surface area contributed by atoms with Crippen LogP contribution in [0, 0.1) is 6.92 Å². The number of hydrogen-bond donors (Lipinski definition) is 2. The van der Waals surface area contributed by atoms with Crippen LogP contribution in [-0.4, -0.2) is 11.0 Å². The molecule has 0 heterocycles. The van der Waals surface area contributed by atoms with Crippen molar-refractivity contribution in [1.29, 1.82) is 0 Å². The van der Waals surface area contributed by atoms with Gasteiger partial charge in [-0.1, -0.05) is 65.8 Å². The summed E-state index contributed by atoms with van der Waals surface area (Å²) in [7, 11) is 0. The number of aryl methyl sites for hydroxylation is 1. The Morgan fingerprint density at radius 2 is 1.39 bits per heavy atom. The van der Waals surface area contributed by atoms with E-state index < -0.39 is 0 Å². The van der Waals surface area contributed by atoms with Crippen molar-refractivity contribution in [3.8, 4) is 5.75 Å². The number of phenolic OH excluding ortho intramolecular Hbond substituents is 1. The monoisotopic (exact) mass is 381 g/mol. The van der Waals surface area contributed by atoms with E-state index in [2.05, 4.69) is 65.9 Å². The first-order valence-electron chi connectivity index (χ1n) is 10.1. The Labute approximate surface area is 170 Å². The minimum atomic E-state index is 0.0447. The minimum Gasteiger partial charge on any atom is -0.508 e. The number of phenols is 1. The van der Waals surface area contributed by atoms with E-state index in [0.717, 1.165) is 12.0 Å². The van der Waals surface area contributed by atoms with Crippen molar-refractivity contribution in [3.05, 3.63) is 64.2 Å². The lowest BCUT2D eigenvalue weighted by atomic mass is 9.75. The molecule has 0 aliphatic heterocycles. The summed E-state index contributed by atoms with van der Waals surface area (Å²) >= 11 is 0. The zero-order valence-corrected chi connectivity index (χ0v) is 18.4. The van der Waals surface area contributed by atoms with Crippen LogP contribution in [0.1, 0.15) is 75.8 Å². The third-order valence-corrected chi connectivity index (χ3v) is 5.15. The van der Waals surface area contributed by atoms with Gasteiger partial charge >= 0.3 is 0 Å². The third kappa shape index (κ3) is 5.85. The molecule has 0 spiro atoms. The van der Waals surface area contributed by atoms with Crippen molar-refractivity contribution < 1.29 is 9.90 Å². The van der Waals surface area contributed by atoms with Gasteiger partial charge in [0.05, 0.1) is 0 Å². The van der Waals surface area contributed by atoms with E-state index in [4.69, 9.17) is 0 Å². The van der Waals surface area contributed by atoms with Crippen LogP contribution in [0.3, 0.4) is 0 Å². The molecule has 0 aliphatic carbocycles. The maximum Gasteiger partial charge on any atom is 0.220 e. The Bertz CT molecular complexity index is 786. The van der Waals surface area contributed by atoms with Gasteiger partial charge in [0, 0.05) is 13.0 Å². The van der Waals surface area contributed by atoms with E-state index in [1.54, 1.807) is 12.1 Å². The minimum absolute atomic E-state index is 0.0447. The molecule has 0 fully saturated rings. The fourth-order valence-corrected chi connectivity index (χ4v) is 3.64. The molecule has 3 nitrogen and oxygen atoms in total. The number of rotatable bonds is 5. The summed E-state index contributed by atoms with van der Waals surface area (Å²) in [5, 5.41) is 12.3. The average Bonchev–Trinajstić information content (AvgIpc) is 2.58. The summed E-state index contributed by atoms with van der Waals surface area (Å²) in [5.74, 6) is 0.280. The van der Waals surface area contributed by atoms with E-state index in [9.17, 15) is 9.90 Å². The summed E-state index contributed by atoms with van der Waals surface area (Å²) in [4.78, 5) is 12.3. The first kappa shape index (κ1) is 22.0. The molecule has 2 rings (SSSR count). The van der Waals surface area contributed by atoms with Gasteiger partial charge < -0.3 is 10.4 Å². The quantitative estimate of drug-likeness (QED) is 0.714. The van der Waals surface area contributed by atoms with Crippen LogP contribution < -0.4 is 5.32 Å². The highest BCUT2D eigenvalue weighted by Crippen LogP contribution is 2.34. The number of hydrogen-bond acceptors (Lipinski definition) is 2. The van der Waals surface area contributed by atoms with Crippen molar-refractivity contribution in [2.24, 2.45) is 0 Å². The number of amides is 1. The first-order valence-corrected chi connectivity index (χ1v) is 10.1. The third-order valence-electron chi connectivity index (χ3n) is 5.15. The predicted octanol–water partition coefficient (Wildman–Crippen LogP) is 5.54. The Kier molecular flexibility index (Phi) is 6.59. The van der Waals surface area contributed by atoms with Gasteiger partial charge in [-0.2, -0.15) is 0 Å². The maximum absolute atomic E-state index is 12.3. The van der Waals surface area contributed by atoms with Crippen LogP contribution in [0.4, 0.5) is 0 Å². The van der Waals surface area contributed by atoms with Gasteiger partial charge in [0.1, 0.15) is 5.75 Å². The smallest absolute Gasteiger partial charge is 0.220 e. The van der Waals surface area contributed by atoms with E-state index >= 15 is 0 Å². The number of aromatic hydroxyl groups is 1. The highest BCUT2D eigenvalue weighted by atomic mass is 16.3. The standard InChI is InChI=1S/C25H35NO2/c1-17-21(24(2,3)4)14-19(15-22(17)25(5,6)7)10-13-23(28)26-16-18-8-11-20(27)12-9-18/h8-9,11-12,14-15,27H,10,13,16H2,1-7H3,(H,26,28). The molecule has 0 atom stereocenters. The van der Waals surface area contributed by atoms with Crippen molar-refractivity contribution in [2.75, 3.05) is 0 Å². The molecule has 0 unspecified atom stereocenters.